The van der Waals surface area contributed by atoms with Gasteiger partial charge in [-0.05, 0) is 107 Å². The van der Waals surface area contributed by atoms with Crippen molar-refractivity contribution in [2.75, 3.05) is 41.7 Å². The van der Waals surface area contributed by atoms with Crippen LogP contribution in [0.4, 0.5) is 0 Å². The van der Waals surface area contributed by atoms with Gasteiger partial charge in [0.25, 0.3) is 0 Å². The zero-order valence-electron chi connectivity index (χ0n) is 46.2. The Morgan fingerprint density at radius 1 is 0.625 bits per heavy atom. The topological polar surface area (TPSA) is 200 Å². The molecule has 4 saturated heterocycles. The van der Waals surface area contributed by atoms with E-state index in [1.54, 1.807) is 28.4 Å². The number of cyclic esters (lactones) is 1. The number of epoxide rings is 3. The number of ether oxygens (including phenoxy) is 15. The summed E-state index contributed by atoms with van der Waals surface area (Å²) in [5.41, 5.74) is 2.18. The summed E-state index contributed by atoms with van der Waals surface area (Å²) < 4.78 is 94.3. The van der Waals surface area contributed by atoms with Gasteiger partial charge in [0.1, 0.15) is 77.4 Å². The fourth-order valence-electron chi connectivity index (χ4n) is 13.9. The second kappa shape index (κ2) is 21.7. The van der Waals surface area contributed by atoms with Crippen molar-refractivity contribution in [2.24, 2.45) is 17.3 Å². The summed E-state index contributed by atoms with van der Waals surface area (Å²) in [4.78, 5) is 41.6. The van der Waals surface area contributed by atoms with Crippen molar-refractivity contribution < 1.29 is 85.4 Å². The maximum atomic E-state index is 14.4. The van der Waals surface area contributed by atoms with Crippen LogP contribution in [0, 0.1) is 17.3 Å². The average Bonchev–Trinajstić information content (AvgIpc) is 1.45. The van der Waals surface area contributed by atoms with Crippen molar-refractivity contribution in [3.8, 4) is 23.0 Å². The third-order valence-electron chi connectivity index (χ3n) is 18.2. The Hall–Kier alpha value is -6.09. The number of methoxy groups -OCH3 is 4. The minimum atomic E-state index is -1.37. The number of rotatable bonds is 23. The molecule has 2 spiro atoms. The van der Waals surface area contributed by atoms with E-state index in [0.29, 0.717) is 42.3 Å². The molecular weight excluding hydrogens is 1030 g/mol. The van der Waals surface area contributed by atoms with Crippen LogP contribution in [-0.2, 0) is 92.9 Å². The summed E-state index contributed by atoms with van der Waals surface area (Å²) in [5, 5.41) is 0. The first-order valence-corrected chi connectivity index (χ1v) is 27.7. The lowest BCUT2D eigenvalue weighted by atomic mass is 9.46. The fourth-order valence-corrected chi connectivity index (χ4v) is 13.9. The molecule has 18 nitrogen and oxygen atoms in total. The predicted octanol–water partition coefficient (Wildman–Crippen LogP) is 7.71. The monoisotopic (exact) mass is 1100 g/mol. The summed E-state index contributed by atoms with van der Waals surface area (Å²) in [6, 6.07) is 30.0. The summed E-state index contributed by atoms with van der Waals surface area (Å²) in [7, 11) is 6.43. The molecule has 5 heterocycles. The summed E-state index contributed by atoms with van der Waals surface area (Å²) in [5.74, 6) is 1.14. The highest BCUT2D eigenvalue weighted by Gasteiger charge is 3.01. The number of carbonyl (C=O) groups is 3. The molecular formula is C62H70O18. The summed E-state index contributed by atoms with van der Waals surface area (Å²) in [6.45, 7) is 7.16. The third-order valence-corrected chi connectivity index (χ3v) is 18.2. The van der Waals surface area contributed by atoms with Gasteiger partial charge in [0.05, 0.1) is 80.4 Å². The Labute approximate surface area is 465 Å². The van der Waals surface area contributed by atoms with Crippen molar-refractivity contribution in [3.63, 3.8) is 0 Å². The smallest absolute Gasteiger partial charge is 0.334 e. The molecule has 6 fully saturated rings. The molecule has 2 saturated carbocycles. The van der Waals surface area contributed by atoms with E-state index in [-0.39, 0.29) is 88.6 Å². The maximum Gasteiger partial charge on any atom is 0.334 e. The van der Waals surface area contributed by atoms with Crippen LogP contribution in [-0.4, -0.2) is 131 Å². The molecule has 0 bridgehead atoms. The van der Waals surface area contributed by atoms with Crippen LogP contribution in [0.5, 0.6) is 23.0 Å². The van der Waals surface area contributed by atoms with Gasteiger partial charge in [0.2, 0.25) is 6.29 Å². The molecule has 4 aromatic carbocycles. The molecule has 5 aliphatic heterocycles. The van der Waals surface area contributed by atoms with Crippen LogP contribution >= 0.6 is 0 Å². The molecule has 18 heteroatoms. The van der Waals surface area contributed by atoms with E-state index in [4.69, 9.17) is 71.1 Å². The van der Waals surface area contributed by atoms with Crippen LogP contribution in [0.25, 0.3) is 0 Å². The Morgan fingerprint density at radius 2 is 1.14 bits per heavy atom. The van der Waals surface area contributed by atoms with E-state index in [0.717, 1.165) is 33.4 Å². The van der Waals surface area contributed by atoms with Gasteiger partial charge < -0.3 is 71.1 Å². The fraction of sp³-hybridized carbons (Fsp3) is 0.532. The normalized spacial score (nSPS) is 33.8. The van der Waals surface area contributed by atoms with Gasteiger partial charge in [0.15, 0.2) is 11.7 Å². The summed E-state index contributed by atoms with van der Waals surface area (Å²) in [6.07, 6.45) is -5.54. The van der Waals surface area contributed by atoms with Gasteiger partial charge in [0, 0.05) is 11.0 Å². The second-order valence-corrected chi connectivity index (χ2v) is 22.6. The molecule has 0 radical (unpaired) electrons. The maximum absolute atomic E-state index is 14.4. The molecule has 8 aliphatic rings. The number of hydrogen-bond donors (Lipinski definition) is 0. The number of benzene rings is 4. The second-order valence-electron chi connectivity index (χ2n) is 22.6. The Kier molecular flexibility index (Phi) is 14.8. The lowest BCUT2D eigenvalue weighted by Gasteiger charge is -2.53. The predicted molar refractivity (Wildman–Crippen MR) is 282 cm³/mol. The molecule has 12 rings (SSSR count). The van der Waals surface area contributed by atoms with E-state index in [1.807, 2.05) is 97.1 Å². The van der Waals surface area contributed by atoms with E-state index >= 15 is 0 Å². The minimum absolute atomic E-state index is 0.00330. The number of esters is 3. The van der Waals surface area contributed by atoms with Gasteiger partial charge in [-0.25, -0.2) is 4.79 Å². The molecule has 14 atom stereocenters. The van der Waals surface area contributed by atoms with Crippen molar-refractivity contribution >= 4 is 17.9 Å². The standard InChI is InChI=1S/C62H70O18/c1-35(2)60-54(79-60)55-62(80-55)59(3)27-26-44-45(33-74-56(44)65)46(59)28-48-61(62,78-48)58(60)77-50(64)25-24-49(63)76-57-53(73-32-39-14-22-43(69-7)23-15-39)52(72-31-38-12-20-42(68-6)21-13-38)51(71-30-37-10-18-41(67-5)19-11-37)47(75-57)34-70-29-36-8-16-40(66-4)17-9-36/h8-23,35,46-48,51-55,57-58H,24-34H2,1-7H3/t46-,47?,48-,51+,52-,53?,54-,55-,57-,58+,59-,60-,61+,62+/m0/s1. The van der Waals surface area contributed by atoms with Crippen LogP contribution in [0.3, 0.4) is 0 Å². The van der Waals surface area contributed by atoms with Crippen LogP contribution in [0.15, 0.2) is 108 Å². The van der Waals surface area contributed by atoms with E-state index in [9.17, 15) is 14.4 Å². The highest BCUT2D eigenvalue weighted by atomic mass is 16.8. The number of fused-ring (bicyclic) bond motifs is 4. The highest BCUT2D eigenvalue weighted by Crippen LogP contribution is 2.83. The molecule has 2 unspecified atom stereocenters. The van der Waals surface area contributed by atoms with Gasteiger partial charge in [-0.3, -0.25) is 9.59 Å². The van der Waals surface area contributed by atoms with Gasteiger partial charge >= 0.3 is 17.9 Å². The number of carbonyl (C=O) groups excluding carboxylic acids is 3. The van der Waals surface area contributed by atoms with E-state index in [1.165, 1.54) is 0 Å². The van der Waals surface area contributed by atoms with Gasteiger partial charge in [-0.1, -0.05) is 69.3 Å². The Morgan fingerprint density at radius 3 is 1.68 bits per heavy atom. The average molecular weight is 1100 g/mol. The zero-order chi connectivity index (χ0) is 55.6. The first-order chi connectivity index (χ1) is 38.8. The zero-order valence-corrected chi connectivity index (χ0v) is 46.2. The van der Waals surface area contributed by atoms with Gasteiger partial charge in [-0.2, -0.15) is 0 Å². The first-order valence-electron chi connectivity index (χ1n) is 27.7. The Balaban J connectivity index is 0.808. The van der Waals surface area contributed by atoms with Crippen LogP contribution in [0.1, 0.15) is 75.1 Å². The molecule has 0 aromatic heterocycles. The molecule has 0 amide bonds. The molecule has 426 valence electrons. The lowest BCUT2D eigenvalue weighted by molar-refractivity contribution is -0.320. The van der Waals surface area contributed by atoms with E-state index in [2.05, 4.69) is 20.8 Å². The highest BCUT2D eigenvalue weighted by molar-refractivity contribution is 5.92. The van der Waals surface area contributed by atoms with Crippen molar-refractivity contribution in [2.45, 2.75) is 151 Å². The van der Waals surface area contributed by atoms with Crippen LogP contribution in [0.2, 0.25) is 0 Å². The first kappa shape index (κ1) is 54.5. The lowest BCUT2D eigenvalue weighted by Crippen LogP contribution is -2.70. The molecule has 3 aliphatic carbocycles. The molecule has 4 aromatic rings. The van der Waals surface area contributed by atoms with Crippen molar-refractivity contribution in [3.05, 3.63) is 130 Å². The minimum Gasteiger partial charge on any atom is -0.497 e. The Bertz CT molecular complexity index is 2950. The largest absolute Gasteiger partial charge is 0.497 e. The molecule has 0 N–H and O–H groups in total. The molecule has 80 heavy (non-hydrogen) atoms. The SMILES string of the molecule is COc1ccc(COCC2O[C@@H](OC(=O)CCC(=O)O[C@@H]3[C@@]4(C(C)C)O[C@H]4[C@@H]4O[C@]45[C@]34O[C@H]4C[C@H]3C4=C(CC[C@@]35C)C(=O)OC4)C(OCc3ccc(OC)cc3)[C@@H](OCc3ccc(OC)cc3)[C@@H]2OCc2ccc(OC)cc2)cc1. The summed E-state index contributed by atoms with van der Waals surface area (Å²) >= 11 is 0. The van der Waals surface area contributed by atoms with E-state index < -0.39 is 71.0 Å². The van der Waals surface area contributed by atoms with Crippen LogP contribution < -0.4 is 18.9 Å². The van der Waals surface area contributed by atoms with Gasteiger partial charge in [-0.15, -0.1) is 0 Å². The quantitative estimate of drug-likeness (QED) is 0.0397. The number of hydrogen-bond acceptors (Lipinski definition) is 18. The van der Waals surface area contributed by atoms with Crippen molar-refractivity contribution in [1.82, 2.24) is 0 Å². The van der Waals surface area contributed by atoms with Crippen molar-refractivity contribution in [1.29, 1.82) is 0 Å². The third kappa shape index (κ3) is 9.42.